The molecule has 2 aliphatic rings. The third kappa shape index (κ3) is 4.48. The number of amides is 1. The Morgan fingerprint density at radius 1 is 1.09 bits per heavy atom. The van der Waals surface area contributed by atoms with Gasteiger partial charge in [-0.1, -0.05) is 49.6 Å². The average Bonchev–Trinajstić information content (AvgIpc) is 2.56. The first-order chi connectivity index (χ1) is 10.7. The van der Waals surface area contributed by atoms with E-state index >= 15 is 0 Å². The zero-order chi connectivity index (χ0) is 15.4. The second-order valence-corrected chi connectivity index (χ2v) is 7.14. The van der Waals surface area contributed by atoms with Crippen LogP contribution in [0.25, 0.3) is 0 Å². The second-order valence-electron chi connectivity index (χ2n) is 7.14. The van der Waals surface area contributed by atoms with Gasteiger partial charge in [-0.05, 0) is 43.6 Å². The predicted octanol–water partition coefficient (Wildman–Crippen LogP) is 3.55. The van der Waals surface area contributed by atoms with Gasteiger partial charge >= 0.3 is 0 Å². The van der Waals surface area contributed by atoms with E-state index in [4.69, 9.17) is 5.73 Å². The van der Waals surface area contributed by atoms with Crippen molar-refractivity contribution in [2.24, 2.45) is 11.7 Å². The molecular weight excluding hydrogens is 308 g/mol. The quantitative estimate of drug-likeness (QED) is 0.917. The topological polar surface area (TPSA) is 46.3 Å². The van der Waals surface area contributed by atoms with Gasteiger partial charge in [0.2, 0.25) is 5.91 Å². The lowest BCUT2D eigenvalue weighted by molar-refractivity contribution is -0.139. The monoisotopic (exact) mass is 336 g/mol. The molecule has 1 aromatic carbocycles. The summed E-state index contributed by atoms with van der Waals surface area (Å²) in [6.45, 7) is 1.77. The van der Waals surface area contributed by atoms with Crippen LogP contribution in [-0.2, 0) is 11.2 Å². The summed E-state index contributed by atoms with van der Waals surface area (Å²) in [6, 6.07) is 10.7. The Labute approximate surface area is 146 Å². The van der Waals surface area contributed by atoms with Gasteiger partial charge in [0.15, 0.2) is 0 Å². The first kappa shape index (κ1) is 18.3. The van der Waals surface area contributed by atoms with Gasteiger partial charge in [-0.2, -0.15) is 0 Å². The molecule has 1 aliphatic carbocycles. The highest BCUT2D eigenvalue weighted by atomic mass is 35.5. The van der Waals surface area contributed by atoms with E-state index in [2.05, 4.69) is 30.3 Å². The highest BCUT2D eigenvalue weighted by molar-refractivity contribution is 5.86. The first-order valence-electron chi connectivity index (χ1n) is 8.79. The Morgan fingerprint density at radius 2 is 1.70 bits per heavy atom. The van der Waals surface area contributed by atoms with Crippen LogP contribution in [0.5, 0.6) is 0 Å². The van der Waals surface area contributed by atoms with Crippen molar-refractivity contribution >= 4 is 18.3 Å². The van der Waals surface area contributed by atoms with E-state index in [1.54, 1.807) is 0 Å². The highest BCUT2D eigenvalue weighted by Crippen LogP contribution is 2.30. The van der Waals surface area contributed by atoms with Crippen LogP contribution in [0.1, 0.15) is 50.5 Å². The summed E-state index contributed by atoms with van der Waals surface area (Å²) in [7, 11) is 0. The van der Waals surface area contributed by atoms with Crippen molar-refractivity contribution in [3.63, 3.8) is 0 Å². The number of carbonyl (C=O) groups excluding carboxylic acids is 1. The summed E-state index contributed by atoms with van der Waals surface area (Å²) >= 11 is 0. The van der Waals surface area contributed by atoms with Crippen LogP contribution in [-0.4, -0.2) is 29.4 Å². The van der Waals surface area contributed by atoms with Gasteiger partial charge < -0.3 is 10.6 Å². The van der Waals surface area contributed by atoms with E-state index in [-0.39, 0.29) is 18.3 Å². The zero-order valence-corrected chi connectivity index (χ0v) is 14.7. The molecule has 1 aliphatic heterocycles. The summed E-state index contributed by atoms with van der Waals surface area (Å²) in [6.07, 6.45) is 8.53. The Bertz CT molecular complexity index is 491. The second kappa shape index (κ2) is 8.16. The minimum absolute atomic E-state index is 0. The lowest BCUT2D eigenvalue weighted by Crippen LogP contribution is -2.57. The molecule has 0 aromatic heterocycles. The molecule has 1 saturated heterocycles. The summed E-state index contributed by atoms with van der Waals surface area (Å²) in [5.41, 5.74) is 7.25. The fourth-order valence-electron chi connectivity index (χ4n) is 4.00. The third-order valence-electron chi connectivity index (χ3n) is 5.44. The summed E-state index contributed by atoms with van der Waals surface area (Å²) < 4.78 is 0. The maximum absolute atomic E-state index is 12.7. The minimum atomic E-state index is -0.565. The predicted molar refractivity (Wildman–Crippen MR) is 96.7 cm³/mol. The number of halogens is 1. The molecular formula is C19H29ClN2O. The van der Waals surface area contributed by atoms with Gasteiger partial charge in [0.25, 0.3) is 0 Å². The average molecular weight is 337 g/mol. The molecule has 2 N–H and O–H groups in total. The van der Waals surface area contributed by atoms with E-state index in [9.17, 15) is 4.79 Å². The Kier molecular flexibility index (Phi) is 6.49. The SMILES string of the molecule is Cl.NC1(C(=O)N2CCC(Cc3ccccc3)CC2)CCCCC1. The molecule has 0 unspecified atom stereocenters. The van der Waals surface area contributed by atoms with Crippen molar-refractivity contribution in [2.75, 3.05) is 13.1 Å². The summed E-state index contributed by atoms with van der Waals surface area (Å²) in [4.78, 5) is 14.8. The van der Waals surface area contributed by atoms with Crippen LogP contribution in [0.4, 0.5) is 0 Å². The number of hydrogen-bond acceptors (Lipinski definition) is 2. The molecule has 1 aromatic rings. The Hall–Kier alpha value is -1.06. The molecule has 3 rings (SSSR count). The van der Waals surface area contributed by atoms with Crippen LogP contribution in [0.3, 0.4) is 0 Å². The molecule has 0 radical (unpaired) electrons. The third-order valence-corrected chi connectivity index (χ3v) is 5.44. The number of piperidine rings is 1. The molecule has 128 valence electrons. The first-order valence-corrected chi connectivity index (χ1v) is 8.79. The van der Waals surface area contributed by atoms with Crippen molar-refractivity contribution in [2.45, 2.75) is 56.9 Å². The van der Waals surface area contributed by atoms with Gasteiger partial charge in [-0.15, -0.1) is 12.4 Å². The van der Waals surface area contributed by atoms with Crippen molar-refractivity contribution in [3.8, 4) is 0 Å². The number of hydrogen-bond donors (Lipinski definition) is 1. The molecule has 2 fully saturated rings. The van der Waals surface area contributed by atoms with Crippen molar-refractivity contribution in [1.82, 2.24) is 4.90 Å². The number of benzene rings is 1. The van der Waals surface area contributed by atoms with Crippen LogP contribution in [0.2, 0.25) is 0 Å². The van der Waals surface area contributed by atoms with Crippen molar-refractivity contribution < 1.29 is 4.79 Å². The fourth-order valence-corrected chi connectivity index (χ4v) is 4.00. The molecule has 1 heterocycles. The van der Waals surface area contributed by atoms with Gasteiger partial charge in [-0.25, -0.2) is 0 Å². The molecule has 0 spiro atoms. The number of likely N-dealkylation sites (tertiary alicyclic amines) is 1. The molecule has 4 heteroatoms. The molecule has 0 atom stereocenters. The molecule has 3 nitrogen and oxygen atoms in total. The van der Waals surface area contributed by atoms with Gasteiger partial charge in [-0.3, -0.25) is 4.79 Å². The fraction of sp³-hybridized carbons (Fsp3) is 0.632. The van der Waals surface area contributed by atoms with E-state index in [1.807, 2.05) is 4.90 Å². The van der Waals surface area contributed by atoms with Crippen LogP contribution in [0.15, 0.2) is 30.3 Å². The maximum atomic E-state index is 12.7. The van der Waals surface area contributed by atoms with E-state index in [0.29, 0.717) is 5.92 Å². The smallest absolute Gasteiger partial charge is 0.242 e. The van der Waals surface area contributed by atoms with Gasteiger partial charge in [0.05, 0.1) is 5.54 Å². The Balaban J connectivity index is 0.00000192. The number of nitrogens with two attached hydrogens (primary N) is 1. The van der Waals surface area contributed by atoms with Crippen molar-refractivity contribution in [1.29, 1.82) is 0 Å². The molecule has 1 saturated carbocycles. The normalized spacial score (nSPS) is 21.5. The highest BCUT2D eigenvalue weighted by Gasteiger charge is 2.39. The minimum Gasteiger partial charge on any atom is -0.341 e. The lowest BCUT2D eigenvalue weighted by atomic mass is 9.80. The lowest BCUT2D eigenvalue weighted by Gasteiger charge is -2.40. The van der Waals surface area contributed by atoms with Crippen LogP contribution >= 0.6 is 12.4 Å². The van der Waals surface area contributed by atoms with E-state index in [0.717, 1.165) is 58.0 Å². The number of carbonyl (C=O) groups is 1. The van der Waals surface area contributed by atoms with Crippen molar-refractivity contribution in [3.05, 3.63) is 35.9 Å². The van der Waals surface area contributed by atoms with Gasteiger partial charge in [0.1, 0.15) is 0 Å². The number of nitrogens with zero attached hydrogens (tertiary/aromatic N) is 1. The molecule has 23 heavy (non-hydrogen) atoms. The van der Waals surface area contributed by atoms with E-state index in [1.165, 1.54) is 12.0 Å². The Morgan fingerprint density at radius 3 is 2.30 bits per heavy atom. The van der Waals surface area contributed by atoms with Crippen LogP contribution in [0, 0.1) is 5.92 Å². The molecule has 0 bridgehead atoms. The van der Waals surface area contributed by atoms with Crippen LogP contribution < -0.4 is 5.73 Å². The zero-order valence-electron chi connectivity index (χ0n) is 13.9. The largest absolute Gasteiger partial charge is 0.341 e. The summed E-state index contributed by atoms with van der Waals surface area (Å²) in [5, 5.41) is 0. The molecule has 1 amide bonds. The van der Waals surface area contributed by atoms with E-state index < -0.39 is 5.54 Å². The summed E-state index contributed by atoms with van der Waals surface area (Å²) in [5.74, 6) is 0.914. The maximum Gasteiger partial charge on any atom is 0.242 e. The standard InChI is InChI=1S/C19H28N2O.ClH/c20-19(11-5-2-6-12-19)18(22)21-13-9-17(10-14-21)15-16-7-3-1-4-8-16;/h1,3-4,7-8,17H,2,5-6,9-15,20H2;1H. The van der Waals surface area contributed by atoms with Gasteiger partial charge in [0, 0.05) is 13.1 Å². The number of rotatable bonds is 3.